The van der Waals surface area contributed by atoms with E-state index in [1.807, 2.05) is 26.0 Å². The highest BCUT2D eigenvalue weighted by molar-refractivity contribution is 8.00. The van der Waals surface area contributed by atoms with Gasteiger partial charge in [0.1, 0.15) is 5.82 Å². The van der Waals surface area contributed by atoms with E-state index in [0.717, 1.165) is 5.56 Å². The number of aromatic nitrogens is 4. The number of amides is 1. The van der Waals surface area contributed by atoms with E-state index in [1.165, 1.54) is 17.3 Å². The molecule has 3 aromatic rings. The molecule has 2 aromatic heterocycles. The average Bonchev–Trinajstić information content (AvgIpc) is 3.30. The first-order chi connectivity index (χ1) is 13.6. The first-order valence-electron chi connectivity index (χ1n) is 9.60. The number of rotatable bonds is 6. The van der Waals surface area contributed by atoms with Crippen molar-refractivity contribution in [2.24, 2.45) is 0 Å². The predicted octanol–water partition coefficient (Wildman–Crippen LogP) is 4.93. The van der Waals surface area contributed by atoms with Crippen LogP contribution in [0.25, 0.3) is 11.5 Å². The Morgan fingerprint density at radius 1 is 1.10 bits per heavy atom. The molecule has 2 heterocycles. The molecule has 3 rings (SSSR count). The average molecular weight is 414 g/mol. The smallest absolute Gasteiger partial charge is 0.277 e. The minimum Gasteiger partial charge on any atom is -0.411 e. The summed E-state index contributed by atoms with van der Waals surface area (Å²) in [5, 5.41) is 15.3. The van der Waals surface area contributed by atoms with E-state index >= 15 is 0 Å². The summed E-state index contributed by atoms with van der Waals surface area (Å²) in [7, 11) is 0. The number of nitrogens with one attached hydrogen (secondary N) is 1. The van der Waals surface area contributed by atoms with Crippen LogP contribution >= 0.6 is 11.8 Å². The quantitative estimate of drug-likeness (QED) is 0.577. The molecular weight excluding hydrogens is 386 g/mol. The lowest BCUT2D eigenvalue weighted by Gasteiger charge is -2.18. The summed E-state index contributed by atoms with van der Waals surface area (Å²) in [6.07, 6.45) is 1.67. The van der Waals surface area contributed by atoms with Gasteiger partial charge in [-0.15, -0.1) is 10.2 Å². The molecule has 1 N–H and O–H groups in total. The van der Waals surface area contributed by atoms with E-state index < -0.39 is 5.25 Å². The van der Waals surface area contributed by atoms with Crippen molar-refractivity contribution in [3.8, 4) is 11.5 Å². The summed E-state index contributed by atoms with van der Waals surface area (Å²) in [4.78, 5) is 12.5. The van der Waals surface area contributed by atoms with E-state index in [-0.39, 0.29) is 17.4 Å². The summed E-state index contributed by atoms with van der Waals surface area (Å²) < 4.78 is 7.52. The molecule has 0 fully saturated rings. The molecule has 0 saturated heterocycles. The Balaban J connectivity index is 1.64. The van der Waals surface area contributed by atoms with Crippen molar-refractivity contribution in [3.63, 3.8) is 0 Å². The third-order valence-corrected chi connectivity index (χ3v) is 5.40. The monoisotopic (exact) mass is 413 g/mol. The van der Waals surface area contributed by atoms with Crippen molar-refractivity contribution >= 4 is 23.5 Å². The summed E-state index contributed by atoms with van der Waals surface area (Å²) in [5.74, 6) is 0.965. The Hall–Kier alpha value is -2.61. The van der Waals surface area contributed by atoms with Gasteiger partial charge >= 0.3 is 0 Å². The van der Waals surface area contributed by atoms with Gasteiger partial charge < -0.3 is 9.73 Å². The van der Waals surface area contributed by atoms with Crippen LogP contribution in [0.1, 0.15) is 53.1 Å². The second-order valence-corrected chi connectivity index (χ2v) is 9.50. The summed E-state index contributed by atoms with van der Waals surface area (Å²) in [6.45, 7) is 12.3. The maximum absolute atomic E-state index is 12.5. The van der Waals surface area contributed by atoms with Crippen LogP contribution in [0.2, 0.25) is 0 Å². The van der Waals surface area contributed by atoms with Gasteiger partial charge in [-0.1, -0.05) is 44.7 Å². The third kappa shape index (κ3) is 5.06. The van der Waals surface area contributed by atoms with E-state index in [1.54, 1.807) is 23.9 Å². The van der Waals surface area contributed by atoms with Gasteiger partial charge in [0.15, 0.2) is 0 Å². The maximum Gasteiger partial charge on any atom is 0.277 e. The fourth-order valence-corrected chi connectivity index (χ4v) is 3.43. The largest absolute Gasteiger partial charge is 0.411 e. The van der Waals surface area contributed by atoms with Crippen molar-refractivity contribution in [3.05, 3.63) is 42.1 Å². The van der Waals surface area contributed by atoms with Gasteiger partial charge in [0.05, 0.1) is 11.4 Å². The lowest BCUT2D eigenvalue weighted by Crippen LogP contribution is -2.24. The Bertz CT molecular complexity index is 970. The number of hydrogen-bond donors (Lipinski definition) is 1. The summed E-state index contributed by atoms with van der Waals surface area (Å²) in [5.41, 5.74) is 2.18. The van der Waals surface area contributed by atoms with Gasteiger partial charge in [-0.05, 0) is 43.9 Å². The number of hydrogen-bond acceptors (Lipinski definition) is 6. The van der Waals surface area contributed by atoms with Crippen LogP contribution in [0, 0.1) is 0 Å². The molecule has 7 nitrogen and oxygen atoms in total. The lowest BCUT2D eigenvalue weighted by atomic mass is 9.87. The van der Waals surface area contributed by atoms with Crippen molar-refractivity contribution in [2.45, 2.75) is 63.5 Å². The van der Waals surface area contributed by atoms with Gasteiger partial charge in [-0.3, -0.25) is 4.79 Å². The fraction of sp³-hybridized carbons (Fsp3) is 0.429. The number of nitrogens with zero attached hydrogens (tertiary/aromatic N) is 4. The summed E-state index contributed by atoms with van der Waals surface area (Å²) in [6, 6.07) is 10.0. The topological polar surface area (TPSA) is 85.8 Å². The van der Waals surface area contributed by atoms with E-state index in [4.69, 9.17) is 4.42 Å². The third-order valence-electron chi connectivity index (χ3n) is 4.46. The number of carbonyl (C=O) groups is 1. The molecule has 0 bridgehead atoms. The molecule has 1 amide bonds. The fourth-order valence-electron chi connectivity index (χ4n) is 2.74. The second kappa shape index (κ2) is 8.41. The van der Waals surface area contributed by atoms with Crippen LogP contribution in [0.15, 0.2) is 46.2 Å². The normalized spacial score (nSPS) is 12.9. The second-order valence-electron chi connectivity index (χ2n) is 8.20. The van der Waals surface area contributed by atoms with Gasteiger partial charge in [0.25, 0.3) is 5.22 Å². The van der Waals surface area contributed by atoms with Crippen LogP contribution in [0.3, 0.4) is 0 Å². The Labute approximate surface area is 175 Å². The standard InChI is InChI=1S/C21H27N5O2S/c1-13(2)26-17(11-12-22-26)23-18(27)14(3)29-20-25-24-19(28-20)15-7-9-16(10-8-15)21(4,5)6/h7-14H,1-6H3,(H,23,27)/t14-/m0/s1. The molecule has 0 unspecified atom stereocenters. The van der Waals surface area contributed by atoms with Gasteiger partial charge in [0, 0.05) is 17.7 Å². The molecular formula is C21H27N5O2S. The number of carbonyl (C=O) groups excluding carboxylic acids is 1. The molecule has 0 aliphatic carbocycles. The van der Waals surface area contributed by atoms with Gasteiger partial charge in [-0.2, -0.15) is 5.10 Å². The predicted molar refractivity (Wildman–Crippen MR) is 115 cm³/mol. The van der Waals surface area contributed by atoms with Crippen molar-refractivity contribution in [2.75, 3.05) is 5.32 Å². The lowest BCUT2D eigenvalue weighted by molar-refractivity contribution is -0.115. The van der Waals surface area contributed by atoms with Crippen LogP contribution in [-0.4, -0.2) is 31.1 Å². The zero-order valence-corrected chi connectivity index (χ0v) is 18.4. The molecule has 0 spiro atoms. The van der Waals surface area contributed by atoms with E-state index in [0.29, 0.717) is 16.9 Å². The van der Waals surface area contributed by atoms with Crippen molar-refractivity contribution in [1.82, 2.24) is 20.0 Å². The highest BCUT2D eigenvalue weighted by Crippen LogP contribution is 2.29. The Morgan fingerprint density at radius 2 is 1.79 bits per heavy atom. The molecule has 1 aromatic carbocycles. The highest BCUT2D eigenvalue weighted by Gasteiger charge is 2.21. The minimum absolute atomic E-state index is 0.0854. The molecule has 0 aliphatic rings. The number of benzene rings is 1. The molecule has 0 aliphatic heterocycles. The SMILES string of the molecule is CC(C)n1nccc1NC(=O)[C@H](C)Sc1nnc(-c2ccc(C(C)(C)C)cc2)o1. The Kier molecular flexibility index (Phi) is 6.12. The molecule has 0 saturated carbocycles. The number of anilines is 1. The number of thioether (sulfide) groups is 1. The van der Waals surface area contributed by atoms with Crippen molar-refractivity contribution in [1.29, 1.82) is 0 Å². The van der Waals surface area contributed by atoms with E-state index in [9.17, 15) is 4.79 Å². The zero-order chi connectivity index (χ0) is 21.2. The van der Waals surface area contributed by atoms with Gasteiger partial charge in [-0.25, -0.2) is 4.68 Å². The Morgan fingerprint density at radius 3 is 2.41 bits per heavy atom. The summed E-state index contributed by atoms with van der Waals surface area (Å²) >= 11 is 1.23. The zero-order valence-electron chi connectivity index (χ0n) is 17.6. The van der Waals surface area contributed by atoms with Crippen LogP contribution in [0.5, 0.6) is 0 Å². The molecule has 154 valence electrons. The van der Waals surface area contributed by atoms with Crippen LogP contribution < -0.4 is 5.32 Å². The van der Waals surface area contributed by atoms with Crippen LogP contribution in [0.4, 0.5) is 5.82 Å². The molecule has 1 atom stereocenters. The maximum atomic E-state index is 12.5. The molecule has 0 radical (unpaired) electrons. The van der Waals surface area contributed by atoms with Gasteiger partial charge in [0.2, 0.25) is 11.8 Å². The highest BCUT2D eigenvalue weighted by atomic mass is 32.2. The molecule has 8 heteroatoms. The van der Waals surface area contributed by atoms with E-state index in [2.05, 4.69) is 53.5 Å². The van der Waals surface area contributed by atoms with Crippen LogP contribution in [-0.2, 0) is 10.2 Å². The minimum atomic E-state index is -0.401. The van der Waals surface area contributed by atoms with Crippen molar-refractivity contribution < 1.29 is 9.21 Å². The first-order valence-corrected chi connectivity index (χ1v) is 10.5. The first kappa shape index (κ1) is 21.1. The molecule has 29 heavy (non-hydrogen) atoms.